The number of carbonyl (C=O) groups is 1. The Kier molecular flexibility index (Phi) is 5.29. The first-order chi connectivity index (χ1) is 14.0. The van der Waals surface area contributed by atoms with Crippen molar-refractivity contribution < 1.29 is 13.2 Å². The Morgan fingerprint density at radius 1 is 0.966 bits per heavy atom. The van der Waals surface area contributed by atoms with E-state index in [4.69, 9.17) is 0 Å². The van der Waals surface area contributed by atoms with Crippen LogP contribution >= 0.6 is 0 Å². The number of sulfonamides is 1. The van der Waals surface area contributed by atoms with E-state index >= 15 is 0 Å². The molecule has 1 saturated heterocycles. The highest BCUT2D eigenvalue weighted by molar-refractivity contribution is 7.89. The van der Waals surface area contributed by atoms with E-state index in [0.29, 0.717) is 29.7 Å². The SMILES string of the molecule is Cc1ccc(S(=O)(=O)N2CCN(C(=O)Cc3ccccn3)CC2)c2cccnc12. The van der Waals surface area contributed by atoms with Crippen molar-refractivity contribution in [3.63, 3.8) is 0 Å². The Bertz CT molecular complexity index is 1140. The van der Waals surface area contributed by atoms with Crippen molar-refractivity contribution in [1.82, 2.24) is 19.2 Å². The lowest BCUT2D eigenvalue weighted by Gasteiger charge is -2.34. The number of amides is 1. The Hall–Kier alpha value is -2.84. The third-order valence-electron chi connectivity index (χ3n) is 5.20. The number of nitrogens with zero attached hydrogens (tertiary/aromatic N) is 4. The van der Waals surface area contributed by atoms with Gasteiger partial charge < -0.3 is 4.90 Å². The Balaban J connectivity index is 1.50. The topological polar surface area (TPSA) is 83.5 Å². The van der Waals surface area contributed by atoms with Crippen molar-refractivity contribution in [2.75, 3.05) is 26.2 Å². The van der Waals surface area contributed by atoms with Crippen molar-refractivity contribution in [2.24, 2.45) is 0 Å². The van der Waals surface area contributed by atoms with Crippen LogP contribution in [0.5, 0.6) is 0 Å². The van der Waals surface area contributed by atoms with Crippen LogP contribution in [0.3, 0.4) is 0 Å². The normalized spacial score (nSPS) is 15.6. The molecule has 0 unspecified atom stereocenters. The van der Waals surface area contributed by atoms with Gasteiger partial charge in [0, 0.05) is 49.7 Å². The van der Waals surface area contributed by atoms with Gasteiger partial charge in [-0.3, -0.25) is 14.8 Å². The molecule has 150 valence electrons. The van der Waals surface area contributed by atoms with E-state index in [9.17, 15) is 13.2 Å². The van der Waals surface area contributed by atoms with Crippen LogP contribution in [0.1, 0.15) is 11.3 Å². The van der Waals surface area contributed by atoms with E-state index in [1.807, 2.05) is 25.1 Å². The maximum absolute atomic E-state index is 13.3. The molecule has 0 bridgehead atoms. The first-order valence-electron chi connectivity index (χ1n) is 9.49. The minimum atomic E-state index is -3.67. The summed E-state index contributed by atoms with van der Waals surface area (Å²) in [5.74, 6) is -0.0364. The van der Waals surface area contributed by atoms with Gasteiger partial charge in [0.2, 0.25) is 15.9 Å². The van der Waals surface area contributed by atoms with Crippen LogP contribution in [-0.2, 0) is 21.2 Å². The van der Waals surface area contributed by atoms with Gasteiger partial charge >= 0.3 is 0 Å². The van der Waals surface area contributed by atoms with Crippen LogP contribution in [0.25, 0.3) is 10.9 Å². The van der Waals surface area contributed by atoms with E-state index in [1.54, 1.807) is 41.6 Å². The van der Waals surface area contributed by atoms with Crippen LogP contribution in [0.4, 0.5) is 0 Å². The predicted octanol–water partition coefficient (Wildman–Crippen LogP) is 2.01. The summed E-state index contributed by atoms with van der Waals surface area (Å²) in [6.45, 7) is 3.19. The van der Waals surface area contributed by atoms with Gasteiger partial charge in [-0.15, -0.1) is 0 Å². The van der Waals surface area contributed by atoms with E-state index in [2.05, 4.69) is 9.97 Å². The number of benzene rings is 1. The molecule has 7 nitrogen and oxygen atoms in total. The van der Waals surface area contributed by atoms with E-state index in [1.165, 1.54) is 4.31 Å². The molecule has 0 spiro atoms. The second kappa shape index (κ2) is 7.88. The molecular weight excluding hydrogens is 388 g/mol. The van der Waals surface area contributed by atoms with Gasteiger partial charge in [0.05, 0.1) is 16.8 Å². The van der Waals surface area contributed by atoms with Gasteiger partial charge in [0.15, 0.2) is 0 Å². The monoisotopic (exact) mass is 410 g/mol. The Morgan fingerprint density at radius 3 is 2.45 bits per heavy atom. The largest absolute Gasteiger partial charge is 0.340 e. The number of rotatable bonds is 4. The second-order valence-electron chi connectivity index (χ2n) is 7.06. The molecule has 1 aliphatic heterocycles. The molecule has 0 radical (unpaired) electrons. The quantitative estimate of drug-likeness (QED) is 0.657. The van der Waals surface area contributed by atoms with Crippen molar-refractivity contribution in [3.05, 3.63) is 66.1 Å². The van der Waals surface area contributed by atoms with E-state index in [0.717, 1.165) is 5.56 Å². The summed E-state index contributed by atoms with van der Waals surface area (Å²) in [7, 11) is -3.67. The number of aryl methyl sites for hydroxylation is 1. The van der Waals surface area contributed by atoms with Crippen LogP contribution in [-0.4, -0.2) is 59.7 Å². The Labute approximate surface area is 170 Å². The van der Waals surface area contributed by atoms with Crippen LogP contribution < -0.4 is 0 Å². The highest BCUT2D eigenvalue weighted by atomic mass is 32.2. The fourth-order valence-electron chi connectivity index (χ4n) is 3.60. The molecule has 0 saturated carbocycles. The number of piperazine rings is 1. The first kappa shape index (κ1) is 19.5. The zero-order chi connectivity index (χ0) is 20.4. The summed E-state index contributed by atoms with van der Waals surface area (Å²) in [5.41, 5.74) is 2.34. The fourth-order valence-corrected chi connectivity index (χ4v) is 5.20. The first-order valence-corrected chi connectivity index (χ1v) is 10.9. The molecule has 0 aliphatic carbocycles. The summed E-state index contributed by atoms with van der Waals surface area (Å²) in [4.78, 5) is 23.0. The highest BCUT2D eigenvalue weighted by Crippen LogP contribution is 2.27. The number of carbonyl (C=O) groups excluding carboxylic acids is 1. The van der Waals surface area contributed by atoms with Gasteiger partial charge in [0.25, 0.3) is 0 Å². The fraction of sp³-hybridized carbons (Fsp3) is 0.286. The number of fused-ring (bicyclic) bond motifs is 1. The van der Waals surface area contributed by atoms with Crippen LogP contribution in [0.15, 0.2) is 59.8 Å². The molecular formula is C21H22N4O3S. The molecule has 1 fully saturated rings. The third-order valence-corrected chi connectivity index (χ3v) is 7.16. The zero-order valence-electron chi connectivity index (χ0n) is 16.2. The maximum Gasteiger partial charge on any atom is 0.243 e. The molecule has 8 heteroatoms. The van der Waals surface area contributed by atoms with Crippen molar-refractivity contribution in [3.8, 4) is 0 Å². The smallest absolute Gasteiger partial charge is 0.243 e. The van der Waals surface area contributed by atoms with Gasteiger partial charge in [0.1, 0.15) is 0 Å². The summed E-state index contributed by atoms with van der Waals surface area (Å²) in [6.07, 6.45) is 3.55. The minimum Gasteiger partial charge on any atom is -0.340 e. The summed E-state index contributed by atoms with van der Waals surface area (Å²) < 4.78 is 28.0. The highest BCUT2D eigenvalue weighted by Gasteiger charge is 2.31. The third kappa shape index (κ3) is 3.86. The molecule has 1 aromatic carbocycles. The van der Waals surface area contributed by atoms with Crippen LogP contribution in [0.2, 0.25) is 0 Å². The molecule has 4 rings (SSSR count). The zero-order valence-corrected chi connectivity index (χ0v) is 17.0. The van der Waals surface area contributed by atoms with E-state index < -0.39 is 10.0 Å². The number of hydrogen-bond donors (Lipinski definition) is 0. The lowest BCUT2D eigenvalue weighted by atomic mass is 10.1. The van der Waals surface area contributed by atoms with Gasteiger partial charge in [-0.05, 0) is 42.8 Å². The predicted molar refractivity (Wildman–Crippen MR) is 110 cm³/mol. The van der Waals surface area contributed by atoms with Crippen LogP contribution in [0, 0.1) is 6.92 Å². The molecule has 3 aromatic rings. The van der Waals surface area contributed by atoms with Gasteiger partial charge in [-0.1, -0.05) is 12.1 Å². The molecule has 0 N–H and O–H groups in total. The molecule has 1 amide bonds. The average molecular weight is 410 g/mol. The van der Waals surface area contributed by atoms with Crippen molar-refractivity contribution in [1.29, 1.82) is 0 Å². The van der Waals surface area contributed by atoms with Gasteiger partial charge in [-0.25, -0.2) is 8.42 Å². The summed E-state index contributed by atoms with van der Waals surface area (Å²) >= 11 is 0. The van der Waals surface area contributed by atoms with Crippen molar-refractivity contribution in [2.45, 2.75) is 18.2 Å². The lowest BCUT2D eigenvalue weighted by Crippen LogP contribution is -2.50. The summed E-state index contributed by atoms with van der Waals surface area (Å²) in [5, 5.41) is 0.626. The standard InChI is InChI=1S/C21H22N4O3S/c1-16-7-8-19(18-6-4-10-23-21(16)18)29(27,28)25-13-11-24(12-14-25)20(26)15-17-5-2-3-9-22-17/h2-10H,11-15H2,1H3. The molecule has 2 aromatic heterocycles. The van der Waals surface area contributed by atoms with E-state index in [-0.39, 0.29) is 30.3 Å². The lowest BCUT2D eigenvalue weighted by molar-refractivity contribution is -0.131. The second-order valence-corrected chi connectivity index (χ2v) is 8.97. The molecule has 1 aliphatic rings. The van der Waals surface area contributed by atoms with Gasteiger partial charge in [-0.2, -0.15) is 4.31 Å². The van der Waals surface area contributed by atoms with Crippen molar-refractivity contribution >= 4 is 26.8 Å². The number of hydrogen-bond acceptors (Lipinski definition) is 5. The number of pyridine rings is 2. The average Bonchev–Trinajstić information content (AvgIpc) is 2.75. The Morgan fingerprint density at radius 2 is 1.72 bits per heavy atom. The molecule has 29 heavy (non-hydrogen) atoms. The molecule has 3 heterocycles. The minimum absolute atomic E-state index is 0.0364. The number of aromatic nitrogens is 2. The summed E-state index contributed by atoms with van der Waals surface area (Å²) in [6, 6.07) is 12.4. The maximum atomic E-state index is 13.3. The molecule has 0 atom stereocenters.